The average Bonchev–Trinajstić information content (AvgIpc) is 3.23. The molecule has 0 aliphatic rings. The highest BCUT2D eigenvalue weighted by Crippen LogP contribution is 2.31. The fraction of sp³-hybridized carbons (Fsp3) is 0.0870. The van der Waals surface area contributed by atoms with Gasteiger partial charge in [0.1, 0.15) is 11.9 Å². The number of rotatable bonds is 5. The second-order valence-corrected chi connectivity index (χ2v) is 6.94. The molecule has 4 aromatic rings. The third-order valence-corrected chi connectivity index (χ3v) is 4.84. The van der Waals surface area contributed by atoms with Crippen molar-refractivity contribution in [3.8, 4) is 0 Å². The van der Waals surface area contributed by atoms with Crippen LogP contribution in [0.2, 0.25) is 0 Å². The third kappa shape index (κ3) is 4.53. The molecule has 0 saturated carbocycles. The molecule has 1 heterocycles. The smallest absolute Gasteiger partial charge is 0.370 e. The molecule has 3 N–H and O–H groups in total. The number of anilines is 2. The van der Waals surface area contributed by atoms with Crippen molar-refractivity contribution in [3.63, 3.8) is 0 Å². The maximum Gasteiger partial charge on any atom is 0.416 e. The molecule has 0 aliphatic heterocycles. The van der Waals surface area contributed by atoms with E-state index in [1.165, 1.54) is 36.4 Å². The van der Waals surface area contributed by atoms with E-state index in [0.717, 1.165) is 23.0 Å². The second kappa shape index (κ2) is 8.14. The van der Waals surface area contributed by atoms with Gasteiger partial charge in [0.15, 0.2) is 0 Å². The Morgan fingerprint density at radius 2 is 1.61 bits per heavy atom. The van der Waals surface area contributed by atoms with E-state index < -0.39 is 29.5 Å². The number of nitrogens with one attached hydrogen (secondary N) is 3. The molecule has 1 unspecified atom stereocenters. The molecule has 1 amide bonds. The van der Waals surface area contributed by atoms with Gasteiger partial charge in [-0.25, -0.2) is 4.39 Å². The first-order valence-corrected chi connectivity index (χ1v) is 9.37. The van der Waals surface area contributed by atoms with Crippen LogP contribution in [0.3, 0.4) is 0 Å². The second-order valence-electron chi connectivity index (χ2n) is 6.94. The van der Waals surface area contributed by atoms with Gasteiger partial charge in [-0.15, -0.1) is 0 Å². The first-order valence-electron chi connectivity index (χ1n) is 9.37. The lowest BCUT2D eigenvalue weighted by Gasteiger charge is -2.21. The van der Waals surface area contributed by atoms with Gasteiger partial charge in [0.05, 0.1) is 11.3 Å². The van der Waals surface area contributed by atoms with Crippen LogP contribution in [-0.2, 0) is 11.0 Å². The number of halogens is 4. The molecule has 3 aromatic carbocycles. The first-order chi connectivity index (χ1) is 14.8. The van der Waals surface area contributed by atoms with Gasteiger partial charge in [0.25, 0.3) is 5.91 Å². The zero-order valence-electron chi connectivity index (χ0n) is 16.0. The van der Waals surface area contributed by atoms with Crippen molar-refractivity contribution >= 4 is 28.2 Å². The van der Waals surface area contributed by atoms with Gasteiger partial charge in [-0.3, -0.25) is 4.79 Å². The number of amides is 1. The molecular formula is C23H17F4N3O. The van der Waals surface area contributed by atoms with Gasteiger partial charge in [0.2, 0.25) is 0 Å². The Hall–Kier alpha value is -3.81. The Balaban J connectivity index is 1.66. The summed E-state index contributed by atoms with van der Waals surface area (Å²) in [5, 5.41) is 6.60. The van der Waals surface area contributed by atoms with Crippen LogP contribution in [0.5, 0.6) is 0 Å². The summed E-state index contributed by atoms with van der Waals surface area (Å²) in [6.45, 7) is 0. The summed E-state index contributed by atoms with van der Waals surface area (Å²) in [6, 6.07) is 15.9. The van der Waals surface area contributed by atoms with E-state index in [0.29, 0.717) is 16.9 Å². The Bertz CT molecular complexity index is 1200. The number of carbonyl (C=O) groups excluding carboxylic acids is 1. The van der Waals surface area contributed by atoms with Crippen LogP contribution in [-0.4, -0.2) is 10.9 Å². The van der Waals surface area contributed by atoms with Gasteiger partial charge in [-0.05, 0) is 60.2 Å². The monoisotopic (exact) mass is 427 g/mol. The molecule has 0 aliphatic carbocycles. The molecule has 4 nitrogen and oxygen atoms in total. The molecule has 4 rings (SSSR count). The molecular weight excluding hydrogens is 410 g/mol. The minimum atomic E-state index is -4.48. The zero-order valence-corrected chi connectivity index (χ0v) is 16.0. The van der Waals surface area contributed by atoms with E-state index in [1.54, 1.807) is 18.3 Å². The van der Waals surface area contributed by atoms with Crippen molar-refractivity contribution in [3.05, 3.63) is 95.9 Å². The van der Waals surface area contributed by atoms with Crippen LogP contribution >= 0.6 is 0 Å². The number of benzene rings is 3. The van der Waals surface area contributed by atoms with Gasteiger partial charge in [0, 0.05) is 22.8 Å². The highest BCUT2D eigenvalue weighted by molar-refractivity contribution is 6.04. The van der Waals surface area contributed by atoms with Crippen molar-refractivity contribution in [2.75, 3.05) is 10.6 Å². The number of hydrogen-bond donors (Lipinski definition) is 3. The Morgan fingerprint density at radius 3 is 2.29 bits per heavy atom. The van der Waals surface area contributed by atoms with E-state index in [2.05, 4.69) is 15.6 Å². The Kier molecular flexibility index (Phi) is 5.37. The number of aromatic nitrogens is 1. The quantitative estimate of drug-likeness (QED) is 0.336. The number of carbonyl (C=O) groups is 1. The zero-order chi connectivity index (χ0) is 22.0. The lowest BCUT2D eigenvalue weighted by molar-refractivity contribution is -0.137. The molecule has 0 spiro atoms. The molecule has 8 heteroatoms. The molecule has 1 atom stereocenters. The summed E-state index contributed by atoms with van der Waals surface area (Å²) < 4.78 is 52.1. The van der Waals surface area contributed by atoms with E-state index >= 15 is 0 Å². The lowest BCUT2D eigenvalue weighted by Crippen LogP contribution is -2.27. The Morgan fingerprint density at radius 1 is 0.903 bits per heavy atom. The largest absolute Gasteiger partial charge is 0.416 e. The molecule has 31 heavy (non-hydrogen) atoms. The average molecular weight is 427 g/mol. The van der Waals surface area contributed by atoms with Crippen LogP contribution < -0.4 is 10.6 Å². The van der Waals surface area contributed by atoms with E-state index in [9.17, 15) is 22.4 Å². The van der Waals surface area contributed by atoms with Crippen molar-refractivity contribution < 1.29 is 22.4 Å². The summed E-state index contributed by atoms with van der Waals surface area (Å²) in [5.41, 5.74) is 1.35. The topological polar surface area (TPSA) is 56.9 Å². The predicted octanol–water partition coefficient (Wildman–Crippen LogP) is 6.12. The summed E-state index contributed by atoms with van der Waals surface area (Å²) in [7, 11) is 0. The van der Waals surface area contributed by atoms with Crippen LogP contribution in [0.15, 0.2) is 79.0 Å². The minimum Gasteiger partial charge on any atom is -0.370 e. The number of H-pyrrole nitrogens is 1. The molecule has 0 saturated heterocycles. The molecule has 0 radical (unpaired) electrons. The summed E-state index contributed by atoms with van der Waals surface area (Å²) >= 11 is 0. The first kappa shape index (κ1) is 20.5. The predicted molar refractivity (Wildman–Crippen MR) is 111 cm³/mol. The SMILES string of the molecule is O=C(Nc1cccc2[nH]ccc12)C(Nc1ccc(F)cc1)c1ccc(C(F)(F)F)cc1. The van der Waals surface area contributed by atoms with Gasteiger partial charge in [-0.2, -0.15) is 13.2 Å². The summed E-state index contributed by atoms with van der Waals surface area (Å²) in [6.07, 6.45) is -2.74. The summed E-state index contributed by atoms with van der Waals surface area (Å²) in [5.74, 6) is -0.919. The maximum absolute atomic E-state index is 13.3. The summed E-state index contributed by atoms with van der Waals surface area (Å²) in [4.78, 5) is 16.2. The maximum atomic E-state index is 13.3. The van der Waals surface area contributed by atoms with Crippen LogP contribution in [0, 0.1) is 5.82 Å². The molecule has 1 aromatic heterocycles. The van der Waals surface area contributed by atoms with Crippen molar-refractivity contribution in [1.29, 1.82) is 0 Å². The molecule has 0 fully saturated rings. The number of aromatic amines is 1. The lowest BCUT2D eigenvalue weighted by atomic mass is 10.0. The Labute approximate surface area is 174 Å². The van der Waals surface area contributed by atoms with E-state index in [4.69, 9.17) is 0 Å². The molecule has 0 bridgehead atoms. The fourth-order valence-electron chi connectivity index (χ4n) is 3.28. The highest BCUT2D eigenvalue weighted by Gasteiger charge is 2.31. The fourth-order valence-corrected chi connectivity index (χ4v) is 3.28. The van der Waals surface area contributed by atoms with Crippen LogP contribution in [0.1, 0.15) is 17.2 Å². The van der Waals surface area contributed by atoms with Gasteiger partial charge >= 0.3 is 6.18 Å². The van der Waals surface area contributed by atoms with Gasteiger partial charge < -0.3 is 15.6 Å². The standard InChI is InChI=1S/C23H17F4N3O/c24-16-8-10-17(11-9-16)29-21(14-4-6-15(7-5-14)23(25,26)27)22(31)30-20-3-1-2-19-18(20)12-13-28-19/h1-13,21,28-29H,(H,30,31). The number of fused-ring (bicyclic) bond motifs is 1. The van der Waals surface area contributed by atoms with Crippen molar-refractivity contribution in [1.82, 2.24) is 4.98 Å². The normalized spacial score (nSPS) is 12.5. The van der Waals surface area contributed by atoms with E-state index in [-0.39, 0.29) is 0 Å². The van der Waals surface area contributed by atoms with Crippen molar-refractivity contribution in [2.24, 2.45) is 0 Å². The molecule has 158 valence electrons. The highest BCUT2D eigenvalue weighted by atomic mass is 19.4. The van der Waals surface area contributed by atoms with Crippen molar-refractivity contribution in [2.45, 2.75) is 12.2 Å². The van der Waals surface area contributed by atoms with Gasteiger partial charge in [-0.1, -0.05) is 18.2 Å². The van der Waals surface area contributed by atoms with Crippen LogP contribution in [0.4, 0.5) is 28.9 Å². The minimum absolute atomic E-state index is 0.330. The number of alkyl halides is 3. The van der Waals surface area contributed by atoms with Crippen LogP contribution in [0.25, 0.3) is 10.9 Å². The third-order valence-electron chi connectivity index (χ3n) is 4.84. The number of hydrogen-bond acceptors (Lipinski definition) is 2. The van der Waals surface area contributed by atoms with E-state index in [1.807, 2.05) is 12.1 Å².